The molecule has 0 fully saturated rings. The van der Waals surface area contributed by atoms with E-state index in [1.807, 2.05) is 198 Å². The van der Waals surface area contributed by atoms with E-state index in [1.54, 1.807) is 66.0 Å². The molecule has 0 bridgehead atoms. The molecular formula is C120H108F6Ir3N19Pt2-2. The number of hydrogen-bond acceptors (Lipinski definition) is 12. The van der Waals surface area contributed by atoms with Crippen molar-refractivity contribution < 1.29 is 129 Å². The standard InChI is InChI=1S/C28H27N2.C27H29F3N6.C23H17N2.C21H17F3N6.C11H8N.C9H7N2.CH3.3Ir.2Pt/c1-18-9-8-10-19(2)26(18)25-17-29-27-22-12-7-6-11-21(22)23-15-20(16-28(3,4)5)13-14-24(23)30(25)27;1-16(2)23-18(5)31-14-35(23)21-12-8-10-19(33-21)26(6,7)20-11-9-13-22(34-20)36-15-32-25(27(28,29)30)24(36)17(3)4;1-15-8-7-9-16(2)22(15)21-14-24-23-19-12-4-3-10-17(19)18-11-5-6-13-20(18)25(21)23;1-14-25-10-12-29(14)17-8-4-6-15(27-17)20(2,3)16-7-5-9-18(28-16)30-13-11-26-19(30)21(22,23)24;1-2-6-10(7-3-1)11-8-4-5-9-12-11;1-2-5-9(6-3-1)11-8-4-7-10-11;;;;;;/h6-11,13-15,17H,16H2,1-5H3;8-13,16-17H,1-7H3;3-11,13-14H,1-2H3;4-11H,1-3H3;1-6,8-9H;1-5,7-8H;1H3;;;;;/q-1;-2;-1;-2;3*-1;;;+3;2*+2. The first-order valence-corrected chi connectivity index (χ1v) is 47.3. The van der Waals surface area contributed by atoms with Crippen molar-refractivity contribution in [1.29, 1.82) is 0 Å². The summed E-state index contributed by atoms with van der Waals surface area (Å²) in [5.41, 5.74) is 21.2. The molecule has 0 atom stereocenters. The van der Waals surface area contributed by atoms with Crippen LogP contribution in [0.25, 0.3) is 117 Å². The summed E-state index contributed by atoms with van der Waals surface area (Å²) in [7, 11) is 0. The van der Waals surface area contributed by atoms with Crippen LogP contribution in [0.15, 0.2) is 304 Å². The molecule has 2 radical (unpaired) electrons. The number of hydrogen-bond donors (Lipinski definition) is 0. The van der Waals surface area contributed by atoms with Crippen LogP contribution in [0, 0.1) is 104 Å². The first-order valence-electron chi connectivity index (χ1n) is 47.3. The topological polar surface area (TPSA) is 188 Å². The Morgan fingerprint density at radius 1 is 0.393 bits per heavy atom. The first kappa shape index (κ1) is 117. The zero-order valence-corrected chi connectivity index (χ0v) is 97.4. The van der Waals surface area contributed by atoms with Crippen LogP contribution in [-0.2, 0) is 132 Å². The molecule has 30 heteroatoms. The van der Waals surface area contributed by atoms with E-state index in [-0.39, 0.29) is 133 Å². The number of nitrogens with zero attached hydrogens (tertiary/aromatic N) is 19. The molecule has 150 heavy (non-hydrogen) atoms. The Kier molecular flexibility index (Phi) is 38.9. The van der Waals surface area contributed by atoms with Crippen molar-refractivity contribution in [3.05, 3.63) is 446 Å². The second-order valence-corrected chi connectivity index (χ2v) is 38.0. The van der Waals surface area contributed by atoms with Gasteiger partial charge in [0.1, 0.15) is 5.82 Å². The molecule has 14 heterocycles. The van der Waals surface area contributed by atoms with E-state index in [1.165, 1.54) is 82.2 Å². The van der Waals surface area contributed by atoms with Gasteiger partial charge in [-0.3, -0.25) is 34.6 Å². The van der Waals surface area contributed by atoms with Crippen LogP contribution in [0.1, 0.15) is 173 Å². The van der Waals surface area contributed by atoms with Crippen molar-refractivity contribution in [3.8, 4) is 62.7 Å². The van der Waals surface area contributed by atoms with Crippen molar-refractivity contribution in [2.24, 2.45) is 5.41 Å². The minimum absolute atomic E-state index is 0. The molecule has 8 aromatic carbocycles. The number of aryl methyl sites for hydroxylation is 6. The van der Waals surface area contributed by atoms with Crippen molar-refractivity contribution in [1.82, 2.24) is 91.7 Å². The third-order valence-corrected chi connectivity index (χ3v) is 25.1. The van der Waals surface area contributed by atoms with Gasteiger partial charge >= 0.3 is 74.6 Å². The molecule has 22 rings (SSSR count). The van der Waals surface area contributed by atoms with Gasteiger partial charge in [-0.1, -0.05) is 230 Å². The Morgan fingerprint density at radius 3 is 1.31 bits per heavy atom. The molecular weight excluding hydrogens is 2790 g/mol. The van der Waals surface area contributed by atoms with Gasteiger partial charge in [0.05, 0.1) is 34.3 Å². The minimum Gasteiger partial charge on any atom is -0.451 e. The van der Waals surface area contributed by atoms with Gasteiger partial charge < -0.3 is 59.4 Å². The van der Waals surface area contributed by atoms with Crippen LogP contribution in [0.3, 0.4) is 0 Å². The molecule has 0 aliphatic heterocycles. The number of aromatic nitrogens is 19. The number of para-hydroxylation sites is 2. The zero-order valence-electron chi connectivity index (χ0n) is 85.6. The number of rotatable bonds is 15. The fourth-order valence-corrected chi connectivity index (χ4v) is 18.2. The Hall–Kier alpha value is -13.1. The van der Waals surface area contributed by atoms with Crippen LogP contribution in [-0.4, -0.2) is 91.7 Å². The monoisotopic (exact) mass is 2900 g/mol. The van der Waals surface area contributed by atoms with Crippen LogP contribution in [0.5, 0.6) is 0 Å². The van der Waals surface area contributed by atoms with Gasteiger partial charge in [0.15, 0.2) is 0 Å². The summed E-state index contributed by atoms with van der Waals surface area (Å²) < 4.78 is 92.4. The number of fused-ring (bicyclic) bond motifs is 12. The third kappa shape index (κ3) is 25.3. The second kappa shape index (κ2) is 49.8. The summed E-state index contributed by atoms with van der Waals surface area (Å²) in [6, 6.07) is 98.7. The Morgan fingerprint density at radius 2 is 0.847 bits per heavy atom. The van der Waals surface area contributed by atoms with Gasteiger partial charge in [0, 0.05) is 163 Å². The maximum atomic E-state index is 13.6. The van der Waals surface area contributed by atoms with Gasteiger partial charge in [0.25, 0.3) is 0 Å². The SMILES string of the molecule is Cc1cccc(C)c1-c1cnc2c3[c-]cccc3c3cc(CC(C)(C)C)ccc3n12.Cc1cccc(C)c1-c1cnc2c3[c-]cccc3c3ccccc3n12.Cc1n[c-]n(-c2cccc(C(C)(C)c3cccc(-n4[c-]nc(C(F)(F)F)c4C(C)C)n3)n2)c1C(C)C.Cc1nc[c-]n1-c1cccc(C(C)(C)c2cccc(-n3[c-]cnc3C(F)(F)F)n2)n1.[CH3-].[Ir+3].[Ir].[Ir].[Pt+2].[Pt+2].[c-]1ccccc1-c1ccccn1.[c-]1ccccc1-n1cccn1. The molecule has 0 aliphatic rings. The quantitative estimate of drug-likeness (QED) is 0.0537. The van der Waals surface area contributed by atoms with Gasteiger partial charge in [-0.05, 0) is 190 Å². The summed E-state index contributed by atoms with van der Waals surface area (Å²) in [6.45, 7) is 34.7. The summed E-state index contributed by atoms with van der Waals surface area (Å²) in [6.07, 6.45) is 14.9. The molecule has 22 aromatic rings. The minimum atomic E-state index is -4.61. The maximum Gasteiger partial charge on any atom is 3.00 e. The van der Waals surface area contributed by atoms with E-state index in [4.69, 9.17) is 24.9 Å². The largest absolute Gasteiger partial charge is 3.00 e. The van der Waals surface area contributed by atoms with Crippen molar-refractivity contribution >= 4 is 54.6 Å². The predicted octanol–water partition coefficient (Wildman–Crippen LogP) is 28.1. The molecule has 0 saturated heterocycles. The van der Waals surface area contributed by atoms with Crippen molar-refractivity contribution in [2.75, 3.05) is 0 Å². The van der Waals surface area contributed by atoms with E-state index in [9.17, 15) is 26.3 Å². The average Bonchev–Trinajstić information content (AvgIpc) is 1.49. The molecule has 774 valence electrons. The van der Waals surface area contributed by atoms with E-state index < -0.39 is 40.6 Å². The van der Waals surface area contributed by atoms with E-state index in [2.05, 4.69) is 252 Å². The van der Waals surface area contributed by atoms with E-state index in [0.717, 1.165) is 90.5 Å². The fraction of sp³-hybridized carbons (Fsp3) is 0.208. The maximum absolute atomic E-state index is 13.6. The Bertz CT molecular complexity index is 8240. The van der Waals surface area contributed by atoms with Crippen LogP contribution in [0.4, 0.5) is 26.3 Å². The molecule has 0 unspecified atom stereocenters. The Labute approximate surface area is 940 Å². The number of halogens is 6. The van der Waals surface area contributed by atoms with Crippen LogP contribution >= 0.6 is 0 Å². The third-order valence-electron chi connectivity index (χ3n) is 25.1. The summed E-state index contributed by atoms with van der Waals surface area (Å²) in [5, 5.41) is 11.1. The molecule has 0 aliphatic carbocycles. The number of pyridine rings is 7. The Balaban J connectivity index is 0.000000175. The summed E-state index contributed by atoms with van der Waals surface area (Å²) in [4.78, 5) is 48.2. The number of alkyl halides is 6. The molecule has 14 aromatic heterocycles. The zero-order chi connectivity index (χ0) is 102. The molecule has 0 amide bonds. The average molecular weight is 2900 g/mol. The molecule has 0 spiro atoms. The predicted molar refractivity (Wildman–Crippen MR) is 561 cm³/mol. The number of benzene rings is 8. The van der Waals surface area contributed by atoms with Crippen LogP contribution < -0.4 is 0 Å². The van der Waals surface area contributed by atoms with Gasteiger partial charge in [-0.25, -0.2) is 0 Å². The van der Waals surface area contributed by atoms with Crippen molar-refractivity contribution in [3.63, 3.8) is 0 Å². The molecule has 0 N–H and O–H groups in total. The summed E-state index contributed by atoms with van der Waals surface area (Å²) in [5.74, 6) is 1.23. The number of imidazole rings is 6. The van der Waals surface area contributed by atoms with Crippen LogP contribution in [0.2, 0.25) is 0 Å². The summed E-state index contributed by atoms with van der Waals surface area (Å²) >= 11 is 0. The van der Waals surface area contributed by atoms with Gasteiger partial charge in [0.2, 0.25) is 0 Å². The van der Waals surface area contributed by atoms with Gasteiger partial charge in [-0.2, -0.15) is 55.7 Å². The van der Waals surface area contributed by atoms with Gasteiger partial charge in [-0.15, -0.1) is 101 Å². The molecule has 0 saturated carbocycles. The van der Waals surface area contributed by atoms with Crippen molar-refractivity contribution in [2.45, 2.75) is 159 Å². The fourth-order valence-electron chi connectivity index (χ4n) is 18.2. The smallest absolute Gasteiger partial charge is 0.451 e. The second-order valence-electron chi connectivity index (χ2n) is 38.0. The van der Waals surface area contributed by atoms with E-state index in [0.29, 0.717) is 34.5 Å². The van der Waals surface area contributed by atoms with E-state index >= 15 is 0 Å². The molecule has 19 nitrogen and oxygen atoms in total. The normalized spacial score (nSPS) is 11.4. The first-order chi connectivity index (χ1) is 69.0.